The molecule has 12 heavy (non-hydrogen) atoms. The summed E-state index contributed by atoms with van der Waals surface area (Å²) in [5.41, 5.74) is 0.272. The second-order valence-electron chi connectivity index (χ2n) is 4.11. The predicted octanol–water partition coefficient (Wildman–Crippen LogP) is 1.65. The highest BCUT2D eigenvalue weighted by Gasteiger charge is 2.38. The zero-order chi connectivity index (χ0) is 8.44. The molecule has 2 heteroatoms. The summed E-state index contributed by atoms with van der Waals surface area (Å²) in [6.45, 7) is 6.70. The third-order valence-corrected chi connectivity index (χ3v) is 3.29. The maximum Gasteiger partial charge on any atom is 0.0809 e. The zero-order valence-electron chi connectivity index (χ0n) is 8.01. The third kappa shape index (κ3) is 1.50. The van der Waals surface area contributed by atoms with Crippen molar-refractivity contribution in [1.29, 1.82) is 0 Å². The van der Waals surface area contributed by atoms with E-state index in [1.165, 1.54) is 38.8 Å². The fourth-order valence-electron chi connectivity index (χ4n) is 2.52. The van der Waals surface area contributed by atoms with Gasteiger partial charge in [0.05, 0.1) is 12.2 Å². The molecule has 1 spiro atoms. The predicted molar refractivity (Wildman–Crippen MR) is 49.3 cm³/mol. The Hall–Kier alpha value is -0.0800. The number of morpholine rings is 1. The SMILES string of the molecule is CCN1CCOC2(CCCC2)C1. The van der Waals surface area contributed by atoms with Crippen molar-refractivity contribution in [2.45, 2.75) is 38.2 Å². The molecule has 1 saturated heterocycles. The van der Waals surface area contributed by atoms with Crippen molar-refractivity contribution < 1.29 is 4.74 Å². The minimum absolute atomic E-state index is 0.272. The summed E-state index contributed by atoms with van der Waals surface area (Å²) in [6, 6.07) is 0. The first-order valence-electron chi connectivity index (χ1n) is 5.21. The Morgan fingerprint density at radius 3 is 2.75 bits per heavy atom. The Morgan fingerprint density at radius 2 is 2.08 bits per heavy atom. The lowest BCUT2D eigenvalue weighted by Crippen LogP contribution is -2.50. The molecule has 0 bridgehead atoms. The van der Waals surface area contributed by atoms with Gasteiger partial charge < -0.3 is 4.74 Å². The zero-order valence-corrected chi connectivity index (χ0v) is 8.01. The average Bonchev–Trinajstić information content (AvgIpc) is 2.53. The van der Waals surface area contributed by atoms with Crippen LogP contribution >= 0.6 is 0 Å². The minimum atomic E-state index is 0.272. The Balaban J connectivity index is 1.97. The van der Waals surface area contributed by atoms with Crippen LogP contribution in [0.2, 0.25) is 0 Å². The van der Waals surface area contributed by atoms with Crippen LogP contribution in [0.4, 0.5) is 0 Å². The van der Waals surface area contributed by atoms with Gasteiger partial charge in [0.25, 0.3) is 0 Å². The van der Waals surface area contributed by atoms with E-state index < -0.39 is 0 Å². The Labute approximate surface area is 74.9 Å². The van der Waals surface area contributed by atoms with E-state index in [1.54, 1.807) is 0 Å². The normalized spacial score (nSPS) is 29.8. The average molecular weight is 169 g/mol. The van der Waals surface area contributed by atoms with Crippen LogP contribution < -0.4 is 0 Å². The molecule has 0 aromatic rings. The van der Waals surface area contributed by atoms with Crippen LogP contribution in [0.3, 0.4) is 0 Å². The summed E-state index contributed by atoms with van der Waals surface area (Å²) in [4.78, 5) is 2.52. The second-order valence-corrected chi connectivity index (χ2v) is 4.11. The number of rotatable bonds is 1. The van der Waals surface area contributed by atoms with E-state index in [1.807, 2.05) is 0 Å². The molecular weight excluding hydrogens is 150 g/mol. The van der Waals surface area contributed by atoms with Crippen LogP contribution in [0, 0.1) is 0 Å². The number of hydrogen-bond donors (Lipinski definition) is 0. The van der Waals surface area contributed by atoms with Crippen LogP contribution in [-0.2, 0) is 4.74 Å². The standard InChI is InChI=1S/C10H19NO/c1-2-11-7-8-12-10(9-11)5-3-4-6-10/h2-9H2,1H3. The first-order chi connectivity index (χ1) is 5.85. The van der Waals surface area contributed by atoms with E-state index in [4.69, 9.17) is 4.74 Å². The van der Waals surface area contributed by atoms with Crippen LogP contribution in [0.15, 0.2) is 0 Å². The first-order valence-corrected chi connectivity index (χ1v) is 5.21. The lowest BCUT2D eigenvalue weighted by molar-refractivity contribution is -0.103. The highest BCUT2D eigenvalue weighted by molar-refractivity contribution is 4.91. The molecule has 0 amide bonds. The molecule has 0 unspecified atom stereocenters. The Morgan fingerprint density at radius 1 is 1.33 bits per heavy atom. The van der Waals surface area contributed by atoms with Gasteiger partial charge in [0, 0.05) is 13.1 Å². The molecule has 2 fully saturated rings. The second kappa shape index (κ2) is 3.35. The van der Waals surface area contributed by atoms with E-state index in [0.717, 1.165) is 13.2 Å². The molecule has 0 aromatic carbocycles. The van der Waals surface area contributed by atoms with E-state index in [-0.39, 0.29) is 5.60 Å². The largest absolute Gasteiger partial charge is 0.372 e. The van der Waals surface area contributed by atoms with Gasteiger partial charge in [-0.2, -0.15) is 0 Å². The van der Waals surface area contributed by atoms with Crippen molar-refractivity contribution >= 4 is 0 Å². The lowest BCUT2D eigenvalue weighted by Gasteiger charge is -2.40. The summed E-state index contributed by atoms with van der Waals surface area (Å²) in [5.74, 6) is 0. The van der Waals surface area contributed by atoms with Gasteiger partial charge in [0.2, 0.25) is 0 Å². The molecule has 1 saturated carbocycles. The highest BCUT2D eigenvalue weighted by atomic mass is 16.5. The fourth-order valence-corrected chi connectivity index (χ4v) is 2.52. The molecule has 0 aromatic heterocycles. The molecule has 1 heterocycles. The number of likely N-dealkylation sites (N-methyl/N-ethyl adjacent to an activating group) is 1. The van der Waals surface area contributed by atoms with Crippen molar-refractivity contribution in [3.05, 3.63) is 0 Å². The number of nitrogens with zero attached hydrogens (tertiary/aromatic N) is 1. The molecule has 2 aliphatic rings. The quantitative estimate of drug-likeness (QED) is 0.592. The van der Waals surface area contributed by atoms with Gasteiger partial charge in [-0.25, -0.2) is 0 Å². The van der Waals surface area contributed by atoms with Crippen LogP contribution in [0.5, 0.6) is 0 Å². The first kappa shape index (κ1) is 8.52. The summed E-state index contributed by atoms with van der Waals surface area (Å²) in [6.07, 6.45) is 5.34. The Kier molecular flexibility index (Phi) is 2.37. The van der Waals surface area contributed by atoms with Gasteiger partial charge in [-0.05, 0) is 19.4 Å². The van der Waals surface area contributed by atoms with E-state index in [2.05, 4.69) is 11.8 Å². The molecule has 0 atom stereocenters. The molecule has 2 nitrogen and oxygen atoms in total. The van der Waals surface area contributed by atoms with Gasteiger partial charge in [0.15, 0.2) is 0 Å². The lowest BCUT2D eigenvalue weighted by atomic mass is 10.00. The van der Waals surface area contributed by atoms with Gasteiger partial charge in [0.1, 0.15) is 0 Å². The van der Waals surface area contributed by atoms with E-state index in [9.17, 15) is 0 Å². The molecule has 70 valence electrons. The van der Waals surface area contributed by atoms with Crippen molar-refractivity contribution in [3.8, 4) is 0 Å². The van der Waals surface area contributed by atoms with Gasteiger partial charge in [-0.3, -0.25) is 4.90 Å². The van der Waals surface area contributed by atoms with Crippen molar-refractivity contribution in [2.24, 2.45) is 0 Å². The monoisotopic (exact) mass is 169 g/mol. The van der Waals surface area contributed by atoms with Crippen LogP contribution in [-0.4, -0.2) is 36.7 Å². The van der Waals surface area contributed by atoms with Gasteiger partial charge >= 0.3 is 0 Å². The van der Waals surface area contributed by atoms with Gasteiger partial charge in [-0.1, -0.05) is 19.8 Å². The van der Waals surface area contributed by atoms with Crippen molar-refractivity contribution in [2.75, 3.05) is 26.2 Å². The maximum atomic E-state index is 5.92. The summed E-state index contributed by atoms with van der Waals surface area (Å²) >= 11 is 0. The van der Waals surface area contributed by atoms with Crippen LogP contribution in [0.25, 0.3) is 0 Å². The number of hydrogen-bond acceptors (Lipinski definition) is 2. The fraction of sp³-hybridized carbons (Fsp3) is 1.00. The Bertz CT molecular complexity index is 152. The number of ether oxygens (including phenoxy) is 1. The minimum Gasteiger partial charge on any atom is -0.372 e. The smallest absolute Gasteiger partial charge is 0.0809 e. The summed E-state index contributed by atoms with van der Waals surface area (Å²) < 4.78 is 5.92. The van der Waals surface area contributed by atoms with Crippen molar-refractivity contribution in [3.63, 3.8) is 0 Å². The molecule has 0 radical (unpaired) electrons. The molecule has 1 aliphatic heterocycles. The molecule has 1 aliphatic carbocycles. The van der Waals surface area contributed by atoms with E-state index in [0.29, 0.717) is 0 Å². The van der Waals surface area contributed by atoms with Crippen molar-refractivity contribution in [1.82, 2.24) is 4.90 Å². The topological polar surface area (TPSA) is 12.5 Å². The van der Waals surface area contributed by atoms with Crippen LogP contribution in [0.1, 0.15) is 32.6 Å². The molecule has 0 N–H and O–H groups in total. The maximum absolute atomic E-state index is 5.92. The summed E-state index contributed by atoms with van der Waals surface area (Å²) in [7, 11) is 0. The summed E-state index contributed by atoms with van der Waals surface area (Å²) in [5, 5.41) is 0. The highest BCUT2D eigenvalue weighted by Crippen LogP contribution is 2.35. The van der Waals surface area contributed by atoms with Gasteiger partial charge in [-0.15, -0.1) is 0 Å². The third-order valence-electron chi connectivity index (χ3n) is 3.29. The van der Waals surface area contributed by atoms with E-state index >= 15 is 0 Å². The molecular formula is C10H19NO. The molecule has 2 rings (SSSR count).